The number of oxazole rings is 1. The normalized spacial score (nSPS) is 8.36. The number of carbonyl (C=O) groups is 1. The van der Waals surface area contributed by atoms with E-state index >= 15 is 0 Å². The molecule has 1 aromatic rings. The standard InChI is InChI=1S/C4H4NO.C2H4O2.Li/c1-4-2-5-3-6-4;1-2(3)4;/h2H,1H3;1H3,(H,3,4);. The molecule has 0 aliphatic carbocycles. The first kappa shape index (κ1) is 10.3. The molecule has 0 aromatic carbocycles. The number of hydrogen-bond donors (Lipinski definition) is 1. The Morgan fingerprint density at radius 2 is 2.27 bits per heavy atom. The Balaban J connectivity index is 0.000000218. The second-order valence-electron chi connectivity index (χ2n) is 2.01. The Labute approximate surface area is 73.8 Å². The maximum absolute atomic E-state index is 9.00. The zero-order valence-electron chi connectivity index (χ0n) is 6.79. The molecule has 0 fully saturated rings. The number of carboxylic acid groups (broad SMARTS) is 1. The molecule has 5 heteroatoms. The van der Waals surface area contributed by atoms with E-state index in [1.807, 2.05) is 24.6 Å². The van der Waals surface area contributed by atoms with Gasteiger partial charge in [-0.25, -0.2) is 0 Å². The summed E-state index contributed by atoms with van der Waals surface area (Å²) < 4.78 is 5.71. The van der Waals surface area contributed by atoms with Crippen molar-refractivity contribution in [3.8, 4) is 0 Å². The van der Waals surface area contributed by atoms with Crippen LogP contribution < -0.4 is 4.56 Å². The van der Waals surface area contributed by atoms with Crippen molar-refractivity contribution in [2.24, 2.45) is 0 Å². The topological polar surface area (TPSA) is 63.3 Å². The number of aromatic nitrogens is 1. The second-order valence-corrected chi connectivity index (χ2v) is 2.01. The van der Waals surface area contributed by atoms with Crippen LogP contribution in [0.1, 0.15) is 12.7 Å². The third kappa shape index (κ3) is 7.17. The first-order chi connectivity index (χ1) is 5.02. The molecule has 0 radical (unpaired) electrons. The van der Waals surface area contributed by atoms with Crippen LogP contribution in [0.5, 0.6) is 0 Å². The predicted octanol–water partition coefficient (Wildman–Crippen LogP) is -0.132. The minimum atomic E-state index is -0.833. The molecule has 4 nitrogen and oxygen atoms in total. The first-order valence-electron chi connectivity index (χ1n) is 3.11. The van der Waals surface area contributed by atoms with E-state index in [4.69, 9.17) is 14.3 Å². The van der Waals surface area contributed by atoms with Crippen LogP contribution in [-0.4, -0.2) is 33.8 Å². The number of hydrogen-bond acceptors (Lipinski definition) is 3. The Morgan fingerprint density at radius 1 is 1.82 bits per heavy atom. The van der Waals surface area contributed by atoms with Crippen molar-refractivity contribution < 1.29 is 14.3 Å². The van der Waals surface area contributed by atoms with Gasteiger partial charge in [0, 0.05) is 6.92 Å². The average molecular weight is 149 g/mol. The summed E-state index contributed by atoms with van der Waals surface area (Å²) in [7, 11) is 0. The first-order valence-corrected chi connectivity index (χ1v) is 3.11. The van der Waals surface area contributed by atoms with E-state index in [0.29, 0.717) is 0 Å². The van der Waals surface area contributed by atoms with Crippen molar-refractivity contribution in [3.05, 3.63) is 12.0 Å². The molecule has 0 saturated carbocycles. The molecule has 0 unspecified atom stereocenters. The number of rotatable bonds is 0. The number of carboxylic acids is 1. The Bertz CT molecular complexity index is 213. The van der Waals surface area contributed by atoms with Gasteiger partial charge in [0.1, 0.15) is 0 Å². The van der Waals surface area contributed by atoms with Gasteiger partial charge in [-0.3, -0.25) is 4.79 Å². The number of aliphatic carboxylic acids is 1. The molecule has 1 N–H and O–H groups in total. The molecule has 0 aliphatic rings. The molecule has 1 rings (SSSR count). The van der Waals surface area contributed by atoms with Gasteiger partial charge in [-0.2, -0.15) is 0 Å². The van der Waals surface area contributed by atoms with E-state index in [1.165, 1.54) is 0 Å². The average Bonchev–Trinajstić information content (AvgIpc) is 2.13. The van der Waals surface area contributed by atoms with Crippen molar-refractivity contribution >= 4 is 28.2 Å². The summed E-state index contributed by atoms with van der Waals surface area (Å²) in [6.07, 6.45) is 1.70. The van der Waals surface area contributed by atoms with Gasteiger partial charge in [0.2, 0.25) is 0 Å². The van der Waals surface area contributed by atoms with Crippen molar-refractivity contribution in [2.45, 2.75) is 13.8 Å². The molecule has 1 aromatic heterocycles. The summed E-state index contributed by atoms with van der Waals surface area (Å²) in [5, 5.41) is 7.42. The van der Waals surface area contributed by atoms with Crippen LogP contribution in [-0.2, 0) is 4.79 Å². The third-order valence-electron chi connectivity index (χ3n) is 0.737. The molecule has 0 spiro atoms. The van der Waals surface area contributed by atoms with E-state index in [0.717, 1.165) is 17.2 Å². The predicted molar refractivity (Wildman–Crippen MR) is 39.9 cm³/mol. The van der Waals surface area contributed by atoms with Gasteiger partial charge in [-0.1, -0.05) is 0 Å². The number of aryl methyl sites for hydroxylation is 1. The summed E-state index contributed by atoms with van der Waals surface area (Å²) >= 11 is 1.83. The molecule has 0 atom stereocenters. The summed E-state index contributed by atoms with van der Waals surface area (Å²) in [6, 6.07) is 0. The Kier molecular flexibility index (Phi) is 4.67. The van der Waals surface area contributed by atoms with Crippen LogP contribution in [0.2, 0.25) is 0 Å². The van der Waals surface area contributed by atoms with Gasteiger partial charge in [0.15, 0.2) is 0 Å². The van der Waals surface area contributed by atoms with Gasteiger partial charge in [0.05, 0.1) is 0 Å². The van der Waals surface area contributed by atoms with Gasteiger partial charge < -0.3 is 5.11 Å². The Hall–Kier alpha value is -0.723. The third-order valence-corrected chi connectivity index (χ3v) is 0.737. The van der Waals surface area contributed by atoms with Crippen molar-refractivity contribution in [2.75, 3.05) is 0 Å². The molecule has 0 amide bonds. The zero-order valence-corrected chi connectivity index (χ0v) is 6.79. The molecule has 1 heterocycles. The fourth-order valence-corrected chi connectivity index (χ4v) is 0.467. The van der Waals surface area contributed by atoms with E-state index < -0.39 is 5.97 Å². The second kappa shape index (κ2) is 5.00. The van der Waals surface area contributed by atoms with Crippen LogP contribution in [0.3, 0.4) is 0 Å². The summed E-state index contributed by atoms with van der Waals surface area (Å²) in [6.45, 7) is 2.96. The zero-order chi connectivity index (χ0) is 8.85. The summed E-state index contributed by atoms with van der Waals surface area (Å²) in [4.78, 5) is 12.8. The van der Waals surface area contributed by atoms with Gasteiger partial charge in [0.25, 0.3) is 5.97 Å². The summed E-state index contributed by atoms with van der Waals surface area (Å²) in [5.41, 5.74) is 0. The molecule has 56 valence electrons. The molecule has 0 bridgehead atoms. The SMILES string of the molecule is CC(=O)O.[Li][c]1ncc(C)o1. The molecule has 0 saturated heterocycles. The van der Waals surface area contributed by atoms with Crippen LogP contribution in [0.15, 0.2) is 10.6 Å². The van der Waals surface area contributed by atoms with E-state index in [9.17, 15) is 0 Å². The van der Waals surface area contributed by atoms with E-state index in [2.05, 4.69) is 4.98 Å². The monoisotopic (exact) mass is 149 g/mol. The Morgan fingerprint density at radius 3 is 2.36 bits per heavy atom. The molecule has 11 heavy (non-hydrogen) atoms. The van der Waals surface area contributed by atoms with Gasteiger partial charge in [-0.15, -0.1) is 0 Å². The molecular formula is C6H8LiNO3. The van der Waals surface area contributed by atoms with Crippen LogP contribution >= 0.6 is 0 Å². The van der Waals surface area contributed by atoms with E-state index in [-0.39, 0.29) is 0 Å². The van der Waals surface area contributed by atoms with Gasteiger partial charge in [-0.05, 0) is 0 Å². The minimum absolute atomic E-state index is 0.734. The van der Waals surface area contributed by atoms with E-state index in [1.54, 1.807) is 6.20 Å². The van der Waals surface area contributed by atoms with Crippen molar-refractivity contribution in [1.29, 1.82) is 0 Å². The summed E-state index contributed by atoms with van der Waals surface area (Å²) in [5.74, 6) is 0.0394. The fraction of sp³-hybridized carbons (Fsp3) is 0.333. The van der Waals surface area contributed by atoms with Crippen molar-refractivity contribution in [1.82, 2.24) is 4.98 Å². The van der Waals surface area contributed by atoms with Gasteiger partial charge >= 0.3 is 50.6 Å². The molecule has 0 aliphatic heterocycles. The number of nitrogens with zero attached hydrogens (tertiary/aromatic N) is 1. The maximum atomic E-state index is 9.00. The quantitative estimate of drug-likeness (QED) is 0.522. The van der Waals surface area contributed by atoms with Crippen LogP contribution in [0, 0.1) is 6.92 Å². The molecular weight excluding hydrogens is 141 g/mol. The van der Waals surface area contributed by atoms with Crippen LogP contribution in [0.4, 0.5) is 0 Å². The van der Waals surface area contributed by atoms with Crippen molar-refractivity contribution in [3.63, 3.8) is 0 Å². The fourth-order valence-electron chi connectivity index (χ4n) is 0.467. The van der Waals surface area contributed by atoms with Crippen LogP contribution in [0.25, 0.3) is 0 Å².